The van der Waals surface area contributed by atoms with Crippen LogP contribution in [-0.2, 0) is 4.79 Å². The molecule has 1 aliphatic heterocycles. The molecule has 0 spiro atoms. The second kappa shape index (κ2) is 6.54. The van der Waals surface area contributed by atoms with Gasteiger partial charge < -0.3 is 15.8 Å². The molecule has 0 radical (unpaired) electrons. The number of nitrogens with zero attached hydrogens (tertiary/aromatic N) is 1. The number of piperidine rings is 1. The number of anilines is 1. The van der Waals surface area contributed by atoms with E-state index in [1.807, 2.05) is 24.3 Å². The van der Waals surface area contributed by atoms with Crippen LogP contribution in [0, 0.1) is 0 Å². The van der Waals surface area contributed by atoms with Crippen LogP contribution in [0.5, 0.6) is 5.75 Å². The zero-order valence-electron chi connectivity index (χ0n) is 11.3. The Hall–Kier alpha value is -1.59. The molecule has 1 saturated heterocycles. The molecule has 5 heteroatoms. The van der Waals surface area contributed by atoms with E-state index in [0.29, 0.717) is 18.0 Å². The molecule has 1 aromatic carbocycles. The molecule has 104 valence electrons. The summed E-state index contributed by atoms with van der Waals surface area (Å²) in [5, 5.41) is 2.88. The zero-order chi connectivity index (χ0) is 13.7. The second-order valence-corrected chi connectivity index (χ2v) is 4.89. The number of nitrogens with one attached hydrogen (secondary N) is 1. The van der Waals surface area contributed by atoms with E-state index in [1.165, 1.54) is 0 Å². The van der Waals surface area contributed by atoms with Crippen molar-refractivity contribution in [2.75, 3.05) is 32.1 Å². The fourth-order valence-corrected chi connectivity index (χ4v) is 2.38. The highest BCUT2D eigenvalue weighted by Gasteiger charge is 2.19. The SMILES string of the molecule is COc1ccccc1NC(=O)CN1CCCC(N)C1. The number of carbonyl (C=O) groups excluding carboxylic acids is 1. The first-order valence-corrected chi connectivity index (χ1v) is 6.60. The van der Waals surface area contributed by atoms with Gasteiger partial charge in [0.05, 0.1) is 19.3 Å². The average Bonchev–Trinajstić information content (AvgIpc) is 2.39. The van der Waals surface area contributed by atoms with Crippen molar-refractivity contribution >= 4 is 11.6 Å². The Bertz CT molecular complexity index is 436. The molecule has 0 aliphatic carbocycles. The molecular weight excluding hydrogens is 242 g/mol. The Kier molecular flexibility index (Phi) is 4.76. The van der Waals surface area contributed by atoms with Gasteiger partial charge in [-0.1, -0.05) is 12.1 Å². The van der Waals surface area contributed by atoms with E-state index in [2.05, 4.69) is 10.2 Å². The number of benzene rings is 1. The Morgan fingerprint density at radius 3 is 3.05 bits per heavy atom. The van der Waals surface area contributed by atoms with Crippen molar-refractivity contribution in [2.24, 2.45) is 5.73 Å². The number of amides is 1. The van der Waals surface area contributed by atoms with Crippen LogP contribution in [0.3, 0.4) is 0 Å². The van der Waals surface area contributed by atoms with Crippen LogP contribution in [-0.4, -0.2) is 43.6 Å². The van der Waals surface area contributed by atoms with Crippen LogP contribution in [0.15, 0.2) is 24.3 Å². The summed E-state index contributed by atoms with van der Waals surface area (Å²) in [6, 6.07) is 7.59. The molecule has 19 heavy (non-hydrogen) atoms. The van der Waals surface area contributed by atoms with Gasteiger partial charge in [0, 0.05) is 12.6 Å². The van der Waals surface area contributed by atoms with Crippen LogP contribution in [0.1, 0.15) is 12.8 Å². The first-order chi connectivity index (χ1) is 9.19. The Morgan fingerprint density at radius 1 is 1.53 bits per heavy atom. The molecule has 1 fully saturated rings. The number of nitrogens with two attached hydrogens (primary N) is 1. The summed E-state index contributed by atoms with van der Waals surface area (Å²) < 4.78 is 5.20. The third-order valence-electron chi connectivity index (χ3n) is 3.29. The predicted molar refractivity (Wildman–Crippen MR) is 75.3 cm³/mol. The van der Waals surface area contributed by atoms with Gasteiger partial charge in [0.1, 0.15) is 5.75 Å². The largest absolute Gasteiger partial charge is 0.495 e. The summed E-state index contributed by atoms with van der Waals surface area (Å²) in [4.78, 5) is 14.1. The summed E-state index contributed by atoms with van der Waals surface area (Å²) in [6.45, 7) is 2.11. The lowest BCUT2D eigenvalue weighted by Gasteiger charge is -2.30. The lowest BCUT2D eigenvalue weighted by Crippen LogP contribution is -2.45. The van der Waals surface area contributed by atoms with Crippen molar-refractivity contribution in [3.8, 4) is 5.75 Å². The van der Waals surface area contributed by atoms with Crippen LogP contribution in [0.25, 0.3) is 0 Å². The fourth-order valence-electron chi connectivity index (χ4n) is 2.38. The third-order valence-corrected chi connectivity index (χ3v) is 3.29. The van der Waals surface area contributed by atoms with E-state index in [-0.39, 0.29) is 11.9 Å². The molecule has 1 heterocycles. The number of hydrogen-bond donors (Lipinski definition) is 2. The predicted octanol–water partition coefficient (Wildman–Crippen LogP) is 1.06. The lowest BCUT2D eigenvalue weighted by atomic mass is 10.1. The van der Waals surface area contributed by atoms with Gasteiger partial charge in [0.2, 0.25) is 5.91 Å². The maximum absolute atomic E-state index is 12.0. The van der Waals surface area contributed by atoms with Gasteiger partial charge in [0.25, 0.3) is 0 Å². The Morgan fingerprint density at radius 2 is 2.32 bits per heavy atom. The molecule has 1 atom stereocenters. The molecule has 0 bridgehead atoms. The summed E-state index contributed by atoms with van der Waals surface area (Å²) >= 11 is 0. The number of hydrogen-bond acceptors (Lipinski definition) is 4. The molecule has 1 aliphatic rings. The van der Waals surface area contributed by atoms with Crippen molar-refractivity contribution in [3.05, 3.63) is 24.3 Å². The van der Waals surface area contributed by atoms with Gasteiger partial charge in [0.15, 0.2) is 0 Å². The number of carbonyl (C=O) groups is 1. The maximum atomic E-state index is 12.0. The van der Waals surface area contributed by atoms with Crippen LogP contribution in [0.2, 0.25) is 0 Å². The highest BCUT2D eigenvalue weighted by atomic mass is 16.5. The Labute approximate surface area is 113 Å². The average molecular weight is 263 g/mol. The molecule has 1 amide bonds. The lowest BCUT2D eigenvalue weighted by molar-refractivity contribution is -0.117. The Balaban J connectivity index is 1.90. The fraction of sp³-hybridized carbons (Fsp3) is 0.500. The van der Waals surface area contributed by atoms with Gasteiger partial charge in [-0.25, -0.2) is 0 Å². The topological polar surface area (TPSA) is 67.6 Å². The van der Waals surface area contributed by atoms with Crippen molar-refractivity contribution in [2.45, 2.75) is 18.9 Å². The van der Waals surface area contributed by atoms with E-state index < -0.39 is 0 Å². The smallest absolute Gasteiger partial charge is 0.238 e. The normalized spacial score (nSPS) is 20.0. The van der Waals surface area contributed by atoms with E-state index in [0.717, 1.165) is 25.9 Å². The second-order valence-electron chi connectivity index (χ2n) is 4.89. The molecule has 5 nitrogen and oxygen atoms in total. The van der Waals surface area contributed by atoms with E-state index >= 15 is 0 Å². The van der Waals surface area contributed by atoms with Gasteiger partial charge in [-0.15, -0.1) is 0 Å². The van der Waals surface area contributed by atoms with Crippen LogP contribution < -0.4 is 15.8 Å². The minimum Gasteiger partial charge on any atom is -0.495 e. The van der Waals surface area contributed by atoms with Crippen molar-refractivity contribution in [1.29, 1.82) is 0 Å². The third kappa shape index (κ3) is 3.94. The van der Waals surface area contributed by atoms with Crippen LogP contribution >= 0.6 is 0 Å². The highest BCUT2D eigenvalue weighted by molar-refractivity contribution is 5.93. The zero-order valence-corrected chi connectivity index (χ0v) is 11.3. The minimum absolute atomic E-state index is 0.0291. The van der Waals surface area contributed by atoms with Crippen molar-refractivity contribution < 1.29 is 9.53 Å². The summed E-state index contributed by atoms with van der Waals surface area (Å²) in [6.07, 6.45) is 2.10. The van der Waals surface area contributed by atoms with Gasteiger partial charge >= 0.3 is 0 Å². The quantitative estimate of drug-likeness (QED) is 0.852. The molecule has 0 saturated carbocycles. The molecule has 0 aromatic heterocycles. The van der Waals surface area contributed by atoms with Gasteiger partial charge in [-0.05, 0) is 31.5 Å². The number of likely N-dealkylation sites (tertiary alicyclic amines) is 1. The standard InChI is InChI=1S/C14H21N3O2/c1-19-13-7-3-2-6-12(13)16-14(18)10-17-8-4-5-11(15)9-17/h2-3,6-7,11H,4-5,8-10,15H2,1H3,(H,16,18). The monoisotopic (exact) mass is 263 g/mol. The molecule has 3 N–H and O–H groups in total. The van der Waals surface area contributed by atoms with E-state index in [9.17, 15) is 4.79 Å². The summed E-state index contributed by atoms with van der Waals surface area (Å²) in [5.41, 5.74) is 6.61. The first kappa shape index (κ1) is 13.8. The van der Waals surface area contributed by atoms with E-state index in [1.54, 1.807) is 7.11 Å². The summed E-state index contributed by atoms with van der Waals surface area (Å²) in [5.74, 6) is 0.643. The molecular formula is C14H21N3O2. The maximum Gasteiger partial charge on any atom is 0.238 e. The van der Waals surface area contributed by atoms with Crippen LogP contribution in [0.4, 0.5) is 5.69 Å². The van der Waals surface area contributed by atoms with Gasteiger partial charge in [-0.2, -0.15) is 0 Å². The van der Waals surface area contributed by atoms with Crippen molar-refractivity contribution in [3.63, 3.8) is 0 Å². The number of methoxy groups -OCH3 is 1. The number of para-hydroxylation sites is 2. The number of ether oxygens (including phenoxy) is 1. The van der Waals surface area contributed by atoms with Gasteiger partial charge in [-0.3, -0.25) is 9.69 Å². The molecule has 1 unspecified atom stereocenters. The summed E-state index contributed by atoms with van der Waals surface area (Å²) in [7, 11) is 1.59. The highest BCUT2D eigenvalue weighted by Crippen LogP contribution is 2.22. The number of rotatable bonds is 4. The van der Waals surface area contributed by atoms with E-state index in [4.69, 9.17) is 10.5 Å². The molecule has 1 aromatic rings. The van der Waals surface area contributed by atoms with Crippen molar-refractivity contribution in [1.82, 2.24) is 4.90 Å². The first-order valence-electron chi connectivity index (χ1n) is 6.60. The minimum atomic E-state index is -0.0291. The molecule has 2 rings (SSSR count).